The number of nitrogens with two attached hydrogens (primary N) is 1. The van der Waals surface area contributed by atoms with E-state index < -0.39 is 0 Å². The van der Waals surface area contributed by atoms with Crippen LogP contribution < -0.4 is 11.1 Å². The number of rotatable bonds is 6. The second kappa shape index (κ2) is 4.61. The molecular weight excluding hydrogens is 206 g/mol. The Balaban J connectivity index is 1.85. The number of aryl methyl sites for hydroxylation is 1. The maximum atomic E-state index is 11.0. The number of aromatic nitrogens is 3. The van der Waals surface area contributed by atoms with Gasteiger partial charge in [0.15, 0.2) is 5.82 Å². The van der Waals surface area contributed by atoms with E-state index in [4.69, 9.17) is 5.73 Å². The molecule has 88 valence electrons. The van der Waals surface area contributed by atoms with Crippen molar-refractivity contribution in [3.63, 3.8) is 0 Å². The number of carbonyl (C=O) groups excluding carboxylic acids is 1. The number of carbonyl (C=O) groups is 1. The average molecular weight is 223 g/mol. The third kappa shape index (κ3) is 2.57. The minimum Gasteiger partial charge on any atom is -0.368 e. The summed E-state index contributed by atoms with van der Waals surface area (Å²) in [7, 11) is 1.73. The van der Waals surface area contributed by atoms with Gasteiger partial charge in [0.1, 0.15) is 6.33 Å². The summed E-state index contributed by atoms with van der Waals surface area (Å²) in [5.74, 6) is 1.17. The Morgan fingerprint density at radius 1 is 1.75 bits per heavy atom. The number of hydrogen-bond acceptors (Lipinski definition) is 4. The standard InChI is InChI=1S/C10H17N5O/c1-12-8(9(11)16)4-5-15-6-13-10(14-15)7-2-3-7/h6-8,12H,2-5H2,1H3,(H2,11,16). The lowest BCUT2D eigenvalue weighted by Gasteiger charge is -2.11. The largest absolute Gasteiger partial charge is 0.368 e. The van der Waals surface area contributed by atoms with E-state index in [1.165, 1.54) is 12.8 Å². The van der Waals surface area contributed by atoms with E-state index >= 15 is 0 Å². The number of amides is 1. The lowest BCUT2D eigenvalue weighted by molar-refractivity contribution is -0.120. The molecular formula is C10H17N5O. The van der Waals surface area contributed by atoms with Gasteiger partial charge in [0.25, 0.3) is 0 Å². The van der Waals surface area contributed by atoms with Gasteiger partial charge >= 0.3 is 0 Å². The fourth-order valence-electron chi connectivity index (χ4n) is 1.64. The summed E-state index contributed by atoms with van der Waals surface area (Å²) in [6.45, 7) is 0.661. The quantitative estimate of drug-likeness (QED) is 0.688. The third-order valence-corrected chi connectivity index (χ3v) is 2.84. The van der Waals surface area contributed by atoms with Crippen LogP contribution in [0.5, 0.6) is 0 Å². The molecule has 1 atom stereocenters. The van der Waals surface area contributed by atoms with Gasteiger partial charge in [-0.25, -0.2) is 4.98 Å². The van der Waals surface area contributed by atoms with Crippen LogP contribution in [0.15, 0.2) is 6.33 Å². The van der Waals surface area contributed by atoms with Crippen LogP contribution in [0, 0.1) is 0 Å². The van der Waals surface area contributed by atoms with Crippen molar-refractivity contribution in [3.05, 3.63) is 12.2 Å². The first kappa shape index (κ1) is 11.1. The van der Waals surface area contributed by atoms with Gasteiger partial charge in [0, 0.05) is 12.5 Å². The second-order valence-corrected chi connectivity index (χ2v) is 4.17. The zero-order chi connectivity index (χ0) is 11.5. The molecule has 6 heteroatoms. The number of primary amides is 1. The van der Waals surface area contributed by atoms with E-state index in [0.717, 1.165) is 5.82 Å². The van der Waals surface area contributed by atoms with Crippen molar-refractivity contribution in [2.24, 2.45) is 5.73 Å². The van der Waals surface area contributed by atoms with Crippen molar-refractivity contribution in [1.82, 2.24) is 20.1 Å². The van der Waals surface area contributed by atoms with E-state index in [0.29, 0.717) is 18.9 Å². The van der Waals surface area contributed by atoms with Gasteiger partial charge in [0.2, 0.25) is 5.91 Å². The van der Waals surface area contributed by atoms with E-state index in [2.05, 4.69) is 15.4 Å². The van der Waals surface area contributed by atoms with Gasteiger partial charge in [-0.1, -0.05) is 0 Å². The van der Waals surface area contributed by atoms with E-state index in [1.807, 2.05) is 0 Å². The molecule has 0 aliphatic heterocycles. The molecule has 16 heavy (non-hydrogen) atoms. The highest BCUT2D eigenvalue weighted by atomic mass is 16.1. The topological polar surface area (TPSA) is 85.8 Å². The molecule has 0 bridgehead atoms. The SMILES string of the molecule is CNC(CCn1cnc(C2CC2)n1)C(N)=O. The van der Waals surface area contributed by atoms with Crippen molar-refractivity contribution >= 4 is 5.91 Å². The van der Waals surface area contributed by atoms with Gasteiger partial charge in [-0.3, -0.25) is 9.48 Å². The Kier molecular flexibility index (Phi) is 3.19. The fourth-order valence-corrected chi connectivity index (χ4v) is 1.64. The predicted octanol–water partition coefficient (Wildman–Crippen LogP) is -0.381. The summed E-state index contributed by atoms with van der Waals surface area (Å²) in [4.78, 5) is 15.2. The minimum atomic E-state index is -0.329. The first-order valence-corrected chi connectivity index (χ1v) is 5.56. The van der Waals surface area contributed by atoms with Crippen LogP contribution in [-0.4, -0.2) is 33.8 Å². The molecule has 1 amide bonds. The number of nitrogens with zero attached hydrogens (tertiary/aromatic N) is 3. The molecule has 1 heterocycles. The Morgan fingerprint density at radius 3 is 3.06 bits per heavy atom. The van der Waals surface area contributed by atoms with Crippen LogP contribution in [0.4, 0.5) is 0 Å². The molecule has 2 rings (SSSR count). The maximum Gasteiger partial charge on any atom is 0.234 e. The van der Waals surface area contributed by atoms with Crippen LogP contribution in [0.25, 0.3) is 0 Å². The summed E-state index contributed by atoms with van der Waals surface area (Å²) in [5.41, 5.74) is 5.23. The molecule has 1 fully saturated rings. The van der Waals surface area contributed by atoms with E-state index in [-0.39, 0.29) is 11.9 Å². The summed E-state index contributed by atoms with van der Waals surface area (Å²) >= 11 is 0. The van der Waals surface area contributed by atoms with Gasteiger partial charge < -0.3 is 11.1 Å². The molecule has 1 saturated carbocycles. The molecule has 0 aromatic carbocycles. The highest BCUT2D eigenvalue weighted by molar-refractivity contribution is 5.79. The Morgan fingerprint density at radius 2 is 2.50 bits per heavy atom. The minimum absolute atomic E-state index is 0.298. The van der Waals surface area contributed by atoms with Crippen LogP contribution in [0.3, 0.4) is 0 Å². The second-order valence-electron chi connectivity index (χ2n) is 4.17. The normalized spacial score (nSPS) is 17.3. The average Bonchev–Trinajstić information content (AvgIpc) is 3.00. The maximum absolute atomic E-state index is 11.0. The molecule has 0 saturated heterocycles. The van der Waals surface area contributed by atoms with Gasteiger partial charge in [-0.2, -0.15) is 5.10 Å². The first-order chi connectivity index (χ1) is 7.70. The van der Waals surface area contributed by atoms with Crippen LogP contribution >= 0.6 is 0 Å². The number of nitrogens with one attached hydrogen (secondary N) is 1. The monoisotopic (exact) mass is 223 g/mol. The number of hydrogen-bond donors (Lipinski definition) is 2. The summed E-state index contributed by atoms with van der Waals surface area (Å²) in [5, 5.41) is 7.24. The van der Waals surface area contributed by atoms with Gasteiger partial charge in [-0.05, 0) is 26.3 Å². The zero-order valence-electron chi connectivity index (χ0n) is 9.39. The van der Waals surface area contributed by atoms with Crippen LogP contribution in [0.2, 0.25) is 0 Å². The fraction of sp³-hybridized carbons (Fsp3) is 0.700. The molecule has 3 N–H and O–H groups in total. The van der Waals surface area contributed by atoms with Crippen molar-refractivity contribution in [2.75, 3.05) is 7.05 Å². The molecule has 1 unspecified atom stereocenters. The lowest BCUT2D eigenvalue weighted by atomic mass is 10.2. The van der Waals surface area contributed by atoms with Crippen molar-refractivity contribution in [3.8, 4) is 0 Å². The van der Waals surface area contributed by atoms with E-state index in [9.17, 15) is 4.79 Å². The highest BCUT2D eigenvalue weighted by Gasteiger charge is 2.27. The van der Waals surface area contributed by atoms with Crippen molar-refractivity contribution < 1.29 is 4.79 Å². The smallest absolute Gasteiger partial charge is 0.234 e. The molecule has 1 aliphatic carbocycles. The highest BCUT2D eigenvalue weighted by Crippen LogP contribution is 2.37. The van der Waals surface area contributed by atoms with Crippen LogP contribution in [-0.2, 0) is 11.3 Å². The Labute approximate surface area is 94.2 Å². The molecule has 0 spiro atoms. The first-order valence-electron chi connectivity index (χ1n) is 5.56. The van der Waals surface area contributed by atoms with Gasteiger partial charge in [0.05, 0.1) is 6.04 Å². The third-order valence-electron chi connectivity index (χ3n) is 2.84. The zero-order valence-corrected chi connectivity index (χ0v) is 9.39. The summed E-state index contributed by atoms with van der Waals surface area (Å²) in [6, 6.07) is -0.298. The molecule has 1 aromatic rings. The molecule has 1 aliphatic rings. The molecule has 1 aromatic heterocycles. The van der Waals surface area contributed by atoms with Crippen molar-refractivity contribution in [2.45, 2.75) is 37.8 Å². The van der Waals surface area contributed by atoms with Crippen LogP contribution in [0.1, 0.15) is 31.0 Å². The molecule has 0 radical (unpaired) electrons. The Hall–Kier alpha value is -1.43. The molecule has 6 nitrogen and oxygen atoms in total. The summed E-state index contributed by atoms with van der Waals surface area (Å²) < 4.78 is 1.78. The van der Waals surface area contributed by atoms with E-state index in [1.54, 1.807) is 18.1 Å². The predicted molar refractivity (Wildman–Crippen MR) is 58.7 cm³/mol. The van der Waals surface area contributed by atoms with Gasteiger partial charge in [-0.15, -0.1) is 0 Å². The number of likely N-dealkylation sites (N-methyl/N-ethyl adjacent to an activating group) is 1. The summed E-state index contributed by atoms with van der Waals surface area (Å²) in [6.07, 6.45) is 4.76. The Bertz CT molecular complexity index is 371. The lowest BCUT2D eigenvalue weighted by Crippen LogP contribution is -2.39. The van der Waals surface area contributed by atoms with Crippen molar-refractivity contribution in [1.29, 1.82) is 0 Å².